The predicted octanol–water partition coefficient (Wildman–Crippen LogP) is 1.88. The van der Waals surface area contributed by atoms with Gasteiger partial charge in [0.05, 0.1) is 12.3 Å². The molecule has 1 aromatic heterocycles. The van der Waals surface area contributed by atoms with Crippen LogP contribution in [-0.2, 0) is 4.74 Å². The van der Waals surface area contributed by atoms with Gasteiger partial charge < -0.3 is 15.0 Å². The molecule has 5 heteroatoms. The van der Waals surface area contributed by atoms with Crippen molar-refractivity contribution in [2.75, 3.05) is 44.7 Å². The average molecular weight is 276 g/mol. The molecule has 3 heterocycles. The van der Waals surface area contributed by atoms with Gasteiger partial charge in [0.1, 0.15) is 12.1 Å². The van der Waals surface area contributed by atoms with Crippen molar-refractivity contribution in [3.05, 3.63) is 18.1 Å². The number of ether oxygens (including phenoxy) is 1. The zero-order valence-electron chi connectivity index (χ0n) is 12.1. The molecule has 2 fully saturated rings. The lowest BCUT2D eigenvalue weighted by atomic mass is 10.1. The normalized spacial score (nSPS) is 23.9. The van der Waals surface area contributed by atoms with E-state index in [0.29, 0.717) is 5.92 Å². The molecule has 20 heavy (non-hydrogen) atoms. The Morgan fingerprint density at radius 3 is 2.95 bits per heavy atom. The lowest BCUT2D eigenvalue weighted by molar-refractivity contribution is 0.193. The SMILES string of the molecule is c1nc(NCCN2CCCCC2)cc([C@@H]2CCOC2)n1. The van der Waals surface area contributed by atoms with Gasteiger partial charge in [0.15, 0.2) is 0 Å². The van der Waals surface area contributed by atoms with Gasteiger partial charge in [0, 0.05) is 31.7 Å². The predicted molar refractivity (Wildman–Crippen MR) is 79.0 cm³/mol. The highest BCUT2D eigenvalue weighted by atomic mass is 16.5. The van der Waals surface area contributed by atoms with Crippen LogP contribution in [0.5, 0.6) is 0 Å². The molecule has 3 rings (SSSR count). The van der Waals surface area contributed by atoms with E-state index in [1.807, 2.05) is 0 Å². The third kappa shape index (κ3) is 3.67. The molecule has 0 amide bonds. The van der Waals surface area contributed by atoms with E-state index in [0.717, 1.165) is 44.2 Å². The molecule has 1 atom stereocenters. The smallest absolute Gasteiger partial charge is 0.129 e. The summed E-state index contributed by atoms with van der Waals surface area (Å²) in [4.78, 5) is 11.2. The zero-order valence-corrected chi connectivity index (χ0v) is 12.1. The third-order valence-electron chi connectivity index (χ3n) is 4.22. The van der Waals surface area contributed by atoms with Gasteiger partial charge in [0.2, 0.25) is 0 Å². The van der Waals surface area contributed by atoms with Crippen molar-refractivity contribution >= 4 is 5.82 Å². The van der Waals surface area contributed by atoms with Crippen LogP contribution in [0, 0.1) is 0 Å². The van der Waals surface area contributed by atoms with Gasteiger partial charge in [-0.25, -0.2) is 9.97 Å². The van der Waals surface area contributed by atoms with Crippen molar-refractivity contribution in [2.45, 2.75) is 31.6 Å². The number of anilines is 1. The first-order valence-electron chi connectivity index (χ1n) is 7.78. The van der Waals surface area contributed by atoms with Gasteiger partial charge in [-0.3, -0.25) is 0 Å². The molecule has 2 aliphatic heterocycles. The van der Waals surface area contributed by atoms with Gasteiger partial charge in [-0.2, -0.15) is 0 Å². The minimum Gasteiger partial charge on any atom is -0.381 e. The minimum atomic E-state index is 0.445. The van der Waals surface area contributed by atoms with Crippen LogP contribution in [0.4, 0.5) is 5.82 Å². The second kappa shape index (κ2) is 6.99. The van der Waals surface area contributed by atoms with Crippen LogP contribution in [0.3, 0.4) is 0 Å². The van der Waals surface area contributed by atoms with E-state index in [1.54, 1.807) is 6.33 Å². The van der Waals surface area contributed by atoms with Crippen molar-refractivity contribution in [3.8, 4) is 0 Å². The van der Waals surface area contributed by atoms with Crippen LogP contribution in [0.1, 0.15) is 37.3 Å². The lowest BCUT2D eigenvalue weighted by Gasteiger charge is -2.26. The largest absolute Gasteiger partial charge is 0.381 e. The molecule has 0 radical (unpaired) electrons. The Hall–Kier alpha value is -1.20. The molecule has 110 valence electrons. The number of likely N-dealkylation sites (tertiary alicyclic amines) is 1. The van der Waals surface area contributed by atoms with Gasteiger partial charge >= 0.3 is 0 Å². The number of nitrogens with one attached hydrogen (secondary N) is 1. The first-order valence-corrected chi connectivity index (χ1v) is 7.78. The quantitative estimate of drug-likeness (QED) is 0.890. The number of hydrogen-bond acceptors (Lipinski definition) is 5. The Balaban J connectivity index is 1.48. The summed E-state index contributed by atoms with van der Waals surface area (Å²) in [5.41, 5.74) is 1.11. The molecule has 0 spiro atoms. The van der Waals surface area contributed by atoms with E-state index in [1.165, 1.54) is 32.4 Å². The molecule has 0 aromatic carbocycles. The standard InChI is InChI=1S/C15H24N4O/c1-2-6-19(7-3-1)8-5-16-15-10-14(17-12-18-15)13-4-9-20-11-13/h10,12-13H,1-9,11H2,(H,16,17,18)/t13-/m1/s1. The van der Waals surface area contributed by atoms with E-state index in [-0.39, 0.29) is 0 Å². The lowest BCUT2D eigenvalue weighted by Crippen LogP contribution is -2.33. The van der Waals surface area contributed by atoms with Gasteiger partial charge in [-0.1, -0.05) is 6.42 Å². The van der Waals surface area contributed by atoms with E-state index >= 15 is 0 Å². The molecule has 0 aliphatic carbocycles. The second-order valence-corrected chi connectivity index (χ2v) is 5.72. The highest BCUT2D eigenvalue weighted by molar-refractivity contribution is 5.36. The molecule has 0 saturated carbocycles. The van der Waals surface area contributed by atoms with Crippen LogP contribution in [0.2, 0.25) is 0 Å². The van der Waals surface area contributed by atoms with Gasteiger partial charge in [0.25, 0.3) is 0 Å². The first-order chi connectivity index (χ1) is 9.92. The number of piperidine rings is 1. The van der Waals surface area contributed by atoms with E-state index in [9.17, 15) is 0 Å². The summed E-state index contributed by atoms with van der Waals surface area (Å²) >= 11 is 0. The second-order valence-electron chi connectivity index (χ2n) is 5.72. The zero-order chi connectivity index (χ0) is 13.6. The highest BCUT2D eigenvalue weighted by Gasteiger charge is 2.19. The summed E-state index contributed by atoms with van der Waals surface area (Å²) in [6.45, 7) is 6.20. The van der Waals surface area contributed by atoms with Crippen LogP contribution >= 0.6 is 0 Å². The summed E-state index contributed by atoms with van der Waals surface area (Å²) in [6, 6.07) is 2.08. The maximum atomic E-state index is 5.42. The molecule has 0 unspecified atom stereocenters. The molecule has 2 aliphatic rings. The molecule has 5 nitrogen and oxygen atoms in total. The van der Waals surface area contributed by atoms with Gasteiger partial charge in [-0.05, 0) is 32.4 Å². The minimum absolute atomic E-state index is 0.445. The maximum Gasteiger partial charge on any atom is 0.129 e. The average Bonchev–Trinajstić information content (AvgIpc) is 3.03. The summed E-state index contributed by atoms with van der Waals surface area (Å²) < 4.78 is 5.42. The summed E-state index contributed by atoms with van der Waals surface area (Å²) in [5.74, 6) is 1.39. The van der Waals surface area contributed by atoms with E-state index in [4.69, 9.17) is 4.74 Å². The third-order valence-corrected chi connectivity index (χ3v) is 4.22. The Morgan fingerprint density at radius 2 is 2.15 bits per heavy atom. The van der Waals surface area contributed by atoms with E-state index < -0.39 is 0 Å². The fourth-order valence-electron chi connectivity index (χ4n) is 2.99. The number of hydrogen-bond donors (Lipinski definition) is 1. The maximum absolute atomic E-state index is 5.42. The molecule has 1 N–H and O–H groups in total. The Bertz CT molecular complexity index is 414. The molecule has 0 bridgehead atoms. The van der Waals surface area contributed by atoms with Crippen LogP contribution < -0.4 is 5.32 Å². The van der Waals surface area contributed by atoms with Crippen molar-refractivity contribution in [3.63, 3.8) is 0 Å². The van der Waals surface area contributed by atoms with Gasteiger partial charge in [-0.15, -0.1) is 0 Å². The fraction of sp³-hybridized carbons (Fsp3) is 0.733. The van der Waals surface area contributed by atoms with Crippen LogP contribution in [-0.4, -0.2) is 54.3 Å². The first kappa shape index (κ1) is 13.8. The van der Waals surface area contributed by atoms with Crippen molar-refractivity contribution < 1.29 is 4.74 Å². The highest BCUT2D eigenvalue weighted by Crippen LogP contribution is 2.24. The molecule has 1 aromatic rings. The van der Waals surface area contributed by atoms with Crippen molar-refractivity contribution in [1.29, 1.82) is 0 Å². The topological polar surface area (TPSA) is 50.3 Å². The van der Waals surface area contributed by atoms with Crippen molar-refractivity contribution in [1.82, 2.24) is 14.9 Å². The summed E-state index contributed by atoms with van der Waals surface area (Å²) in [6.07, 6.45) is 6.82. The molecular weight excluding hydrogens is 252 g/mol. The Kier molecular flexibility index (Phi) is 4.82. The molecular formula is C15H24N4O. The van der Waals surface area contributed by atoms with Crippen LogP contribution in [0.15, 0.2) is 12.4 Å². The number of aromatic nitrogens is 2. The summed E-state index contributed by atoms with van der Waals surface area (Å²) in [7, 11) is 0. The number of rotatable bonds is 5. The fourth-order valence-corrected chi connectivity index (χ4v) is 2.99. The number of nitrogens with zero attached hydrogens (tertiary/aromatic N) is 3. The molecule has 2 saturated heterocycles. The van der Waals surface area contributed by atoms with Crippen LogP contribution in [0.25, 0.3) is 0 Å². The summed E-state index contributed by atoms with van der Waals surface area (Å²) in [5, 5.41) is 3.42. The van der Waals surface area contributed by atoms with E-state index in [2.05, 4.69) is 26.3 Å². The van der Waals surface area contributed by atoms with Crippen molar-refractivity contribution in [2.24, 2.45) is 0 Å². The Labute approximate surface area is 120 Å². The monoisotopic (exact) mass is 276 g/mol. The Morgan fingerprint density at radius 1 is 1.25 bits per heavy atom.